The number of nitrogens with two attached hydrogens (primary N) is 1. The SMILES string of the molecule is CN(CCOc1ccccc1Cl)S(=O)(=O)c1cn[nH]c1N. The Morgan fingerprint density at radius 2 is 2.14 bits per heavy atom. The summed E-state index contributed by atoms with van der Waals surface area (Å²) in [5.41, 5.74) is 5.53. The van der Waals surface area contributed by atoms with Gasteiger partial charge in [0.2, 0.25) is 10.0 Å². The van der Waals surface area contributed by atoms with E-state index in [0.29, 0.717) is 10.8 Å². The lowest BCUT2D eigenvalue weighted by molar-refractivity contribution is 0.287. The van der Waals surface area contributed by atoms with Crippen molar-refractivity contribution in [2.75, 3.05) is 25.9 Å². The lowest BCUT2D eigenvalue weighted by Gasteiger charge is -2.17. The average Bonchev–Trinajstić information content (AvgIpc) is 2.87. The van der Waals surface area contributed by atoms with E-state index in [-0.39, 0.29) is 23.9 Å². The number of nitrogens with one attached hydrogen (secondary N) is 1. The molecule has 1 heterocycles. The molecule has 7 nitrogen and oxygen atoms in total. The molecule has 0 aliphatic heterocycles. The number of aromatic nitrogens is 2. The van der Waals surface area contributed by atoms with Gasteiger partial charge in [-0.1, -0.05) is 23.7 Å². The Labute approximate surface area is 127 Å². The number of H-pyrrole nitrogens is 1. The van der Waals surface area contributed by atoms with E-state index in [1.54, 1.807) is 24.3 Å². The van der Waals surface area contributed by atoms with Crippen molar-refractivity contribution < 1.29 is 13.2 Å². The topological polar surface area (TPSA) is 101 Å². The van der Waals surface area contributed by atoms with Crippen molar-refractivity contribution in [1.82, 2.24) is 14.5 Å². The van der Waals surface area contributed by atoms with E-state index in [0.717, 1.165) is 4.31 Å². The zero-order valence-corrected chi connectivity index (χ0v) is 12.9. The number of nitrogens with zero attached hydrogens (tertiary/aromatic N) is 2. The number of ether oxygens (including phenoxy) is 1. The Morgan fingerprint density at radius 1 is 1.43 bits per heavy atom. The smallest absolute Gasteiger partial charge is 0.248 e. The molecule has 2 aromatic rings. The molecule has 9 heteroatoms. The van der Waals surface area contributed by atoms with Crippen molar-refractivity contribution in [1.29, 1.82) is 0 Å². The van der Waals surface area contributed by atoms with Crippen LogP contribution in [0.4, 0.5) is 5.82 Å². The number of rotatable bonds is 6. The summed E-state index contributed by atoms with van der Waals surface area (Å²) in [7, 11) is -2.25. The van der Waals surface area contributed by atoms with Crippen LogP contribution < -0.4 is 10.5 Å². The number of hydrogen-bond donors (Lipinski definition) is 2. The molecule has 0 bridgehead atoms. The van der Waals surface area contributed by atoms with Gasteiger partial charge in [0.1, 0.15) is 23.1 Å². The second-order valence-corrected chi connectivity index (χ2v) is 6.67. The second-order valence-electron chi connectivity index (χ2n) is 4.25. The summed E-state index contributed by atoms with van der Waals surface area (Å²) in [6, 6.07) is 6.98. The first kappa shape index (κ1) is 15.6. The van der Waals surface area contributed by atoms with Gasteiger partial charge in [-0.05, 0) is 12.1 Å². The molecule has 0 unspecified atom stereocenters. The zero-order chi connectivity index (χ0) is 15.5. The lowest BCUT2D eigenvalue weighted by Crippen LogP contribution is -2.31. The van der Waals surface area contributed by atoms with Crippen LogP contribution in [-0.2, 0) is 10.0 Å². The number of sulfonamides is 1. The Bertz CT molecular complexity index is 717. The highest BCUT2D eigenvalue weighted by atomic mass is 35.5. The minimum absolute atomic E-state index is 0.00821. The van der Waals surface area contributed by atoms with Gasteiger partial charge in [0.15, 0.2) is 0 Å². The first-order valence-electron chi connectivity index (χ1n) is 6.05. The number of benzene rings is 1. The van der Waals surface area contributed by atoms with E-state index >= 15 is 0 Å². The molecule has 2 rings (SSSR count). The molecule has 0 aliphatic carbocycles. The van der Waals surface area contributed by atoms with E-state index in [1.165, 1.54) is 13.2 Å². The molecule has 0 aliphatic rings. The van der Waals surface area contributed by atoms with Crippen molar-refractivity contribution in [2.24, 2.45) is 0 Å². The van der Waals surface area contributed by atoms with Gasteiger partial charge in [0, 0.05) is 13.6 Å². The van der Waals surface area contributed by atoms with Crippen molar-refractivity contribution in [3.63, 3.8) is 0 Å². The molecule has 0 fully saturated rings. The van der Waals surface area contributed by atoms with Crippen LogP contribution in [0.25, 0.3) is 0 Å². The molecule has 3 N–H and O–H groups in total. The predicted molar refractivity (Wildman–Crippen MR) is 79.8 cm³/mol. The van der Waals surface area contributed by atoms with Crippen molar-refractivity contribution in [3.8, 4) is 5.75 Å². The summed E-state index contributed by atoms with van der Waals surface area (Å²) in [6.07, 6.45) is 1.18. The average molecular weight is 331 g/mol. The molecule has 0 saturated heterocycles. The third kappa shape index (κ3) is 3.46. The van der Waals surface area contributed by atoms with Crippen LogP contribution >= 0.6 is 11.6 Å². The molecule has 0 amide bonds. The number of para-hydroxylation sites is 1. The molecule has 21 heavy (non-hydrogen) atoms. The molecule has 0 saturated carbocycles. The van der Waals surface area contributed by atoms with Gasteiger partial charge in [-0.2, -0.15) is 9.40 Å². The number of likely N-dealkylation sites (N-methyl/N-ethyl adjacent to an activating group) is 1. The van der Waals surface area contributed by atoms with E-state index < -0.39 is 10.0 Å². The number of nitrogen functional groups attached to an aromatic ring is 1. The van der Waals surface area contributed by atoms with Crippen LogP contribution in [-0.4, -0.2) is 43.1 Å². The lowest BCUT2D eigenvalue weighted by atomic mass is 10.3. The quantitative estimate of drug-likeness (QED) is 0.832. The molecule has 1 aromatic carbocycles. The molecule has 114 valence electrons. The Morgan fingerprint density at radius 3 is 2.76 bits per heavy atom. The Kier molecular flexibility index (Phi) is 4.71. The van der Waals surface area contributed by atoms with Crippen molar-refractivity contribution >= 4 is 27.4 Å². The summed E-state index contributed by atoms with van der Waals surface area (Å²) in [6.45, 7) is 0.315. The highest BCUT2D eigenvalue weighted by molar-refractivity contribution is 7.89. The summed E-state index contributed by atoms with van der Waals surface area (Å²) in [5.74, 6) is 0.515. The molecule has 1 aromatic heterocycles. The molecule has 0 radical (unpaired) electrons. The van der Waals surface area contributed by atoms with E-state index in [1.807, 2.05) is 0 Å². The first-order valence-corrected chi connectivity index (χ1v) is 7.87. The van der Waals surface area contributed by atoms with E-state index in [2.05, 4.69) is 10.2 Å². The summed E-state index contributed by atoms with van der Waals surface area (Å²) < 4.78 is 31.1. The number of aromatic amines is 1. The number of hydrogen-bond acceptors (Lipinski definition) is 5. The van der Waals surface area contributed by atoms with Gasteiger partial charge in [0.05, 0.1) is 11.2 Å². The van der Waals surface area contributed by atoms with Gasteiger partial charge in [-0.15, -0.1) is 0 Å². The van der Waals surface area contributed by atoms with Crippen LogP contribution in [0.2, 0.25) is 5.02 Å². The normalized spacial score (nSPS) is 11.8. The maximum atomic E-state index is 12.2. The highest BCUT2D eigenvalue weighted by Gasteiger charge is 2.24. The maximum Gasteiger partial charge on any atom is 0.248 e. The van der Waals surface area contributed by atoms with Crippen molar-refractivity contribution in [2.45, 2.75) is 4.90 Å². The van der Waals surface area contributed by atoms with E-state index in [9.17, 15) is 8.42 Å². The third-order valence-electron chi connectivity index (χ3n) is 2.82. The molecule has 0 spiro atoms. The van der Waals surface area contributed by atoms with Gasteiger partial charge < -0.3 is 10.5 Å². The fraction of sp³-hybridized carbons (Fsp3) is 0.250. The van der Waals surface area contributed by atoms with Crippen LogP contribution in [0, 0.1) is 0 Å². The maximum absolute atomic E-state index is 12.2. The Hall–Kier alpha value is -1.77. The first-order chi connectivity index (χ1) is 9.93. The van der Waals surface area contributed by atoms with Crippen LogP contribution in [0.3, 0.4) is 0 Å². The highest BCUT2D eigenvalue weighted by Crippen LogP contribution is 2.23. The third-order valence-corrected chi connectivity index (χ3v) is 5.02. The van der Waals surface area contributed by atoms with Gasteiger partial charge in [-0.25, -0.2) is 8.42 Å². The van der Waals surface area contributed by atoms with Crippen molar-refractivity contribution in [3.05, 3.63) is 35.5 Å². The monoisotopic (exact) mass is 330 g/mol. The van der Waals surface area contributed by atoms with Gasteiger partial charge >= 0.3 is 0 Å². The Balaban J connectivity index is 1.98. The number of halogens is 1. The minimum atomic E-state index is -3.69. The van der Waals surface area contributed by atoms with Crippen LogP contribution in [0.1, 0.15) is 0 Å². The second kappa shape index (κ2) is 6.33. The summed E-state index contributed by atoms with van der Waals surface area (Å²) in [4.78, 5) is -0.0530. The zero-order valence-electron chi connectivity index (χ0n) is 11.3. The van der Waals surface area contributed by atoms with E-state index in [4.69, 9.17) is 22.1 Å². The fourth-order valence-corrected chi connectivity index (χ4v) is 2.98. The largest absolute Gasteiger partial charge is 0.491 e. The van der Waals surface area contributed by atoms with Gasteiger partial charge in [0.25, 0.3) is 0 Å². The van der Waals surface area contributed by atoms with Crippen LogP contribution in [0.15, 0.2) is 35.4 Å². The summed E-state index contributed by atoms with van der Waals surface area (Å²) in [5, 5.41) is 6.47. The van der Waals surface area contributed by atoms with Gasteiger partial charge in [-0.3, -0.25) is 5.10 Å². The molecular formula is C12H15ClN4O3S. The minimum Gasteiger partial charge on any atom is -0.491 e. The molecular weight excluding hydrogens is 316 g/mol. The fourth-order valence-electron chi connectivity index (χ4n) is 1.62. The number of anilines is 1. The van der Waals surface area contributed by atoms with Crippen LogP contribution in [0.5, 0.6) is 5.75 Å². The predicted octanol–water partition coefficient (Wildman–Crippen LogP) is 1.34. The molecule has 0 atom stereocenters. The standard InChI is InChI=1S/C12H15ClN4O3S/c1-17(21(18,19)11-8-15-16-12(11)14)6-7-20-10-5-3-2-4-9(10)13/h2-5,8H,6-7H2,1H3,(H3,14,15,16). The summed E-state index contributed by atoms with van der Waals surface area (Å²) >= 11 is 5.95.